The predicted molar refractivity (Wildman–Crippen MR) is 161 cm³/mol. The SMILES string of the molecule is CCC(Sc1cnn(C)c1)[C@H]1CCC2=Cc3c(cnn3-c3ccc(F)cc3)C[C@@H](C1)C2O[Si](C)(C)C(C)(C)C. The molecule has 2 bridgehead atoms. The molecule has 5 nitrogen and oxygen atoms in total. The molecule has 1 saturated carbocycles. The van der Waals surface area contributed by atoms with Crippen molar-refractivity contribution in [1.82, 2.24) is 19.6 Å². The minimum Gasteiger partial charge on any atom is -0.410 e. The first-order valence-electron chi connectivity index (χ1n) is 14.3. The zero-order chi connectivity index (χ0) is 27.9. The Morgan fingerprint density at radius 3 is 2.54 bits per heavy atom. The van der Waals surface area contributed by atoms with Crippen molar-refractivity contribution in [3.8, 4) is 5.69 Å². The number of aryl methyl sites for hydroxylation is 1. The molecule has 3 aromatic rings. The van der Waals surface area contributed by atoms with Crippen LogP contribution in [0.1, 0.15) is 64.6 Å². The summed E-state index contributed by atoms with van der Waals surface area (Å²) in [5.41, 5.74) is 4.67. The number of aromatic nitrogens is 4. The van der Waals surface area contributed by atoms with Crippen molar-refractivity contribution in [2.45, 2.75) is 94.2 Å². The lowest BCUT2D eigenvalue weighted by molar-refractivity contribution is 0.139. The fraction of sp³-hybridized carbons (Fsp3) is 0.548. The van der Waals surface area contributed by atoms with Crippen molar-refractivity contribution >= 4 is 26.2 Å². The van der Waals surface area contributed by atoms with Gasteiger partial charge in [0.1, 0.15) is 5.82 Å². The van der Waals surface area contributed by atoms with E-state index >= 15 is 0 Å². The molecule has 0 aliphatic heterocycles. The molecule has 2 heterocycles. The molecule has 2 aromatic heterocycles. The second-order valence-electron chi connectivity index (χ2n) is 12.9. The van der Waals surface area contributed by atoms with Crippen LogP contribution in [0.15, 0.2) is 53.3 Å². The zero-order valence-corrected chi connectivity index (χ0v) is 26.3. The fourth-order valence-corrected chi connectivity index (χ4v) is 8.48. The molecular formula is C31H43FN4OSSi. The maximum absolute atomic E-state index is 13.7. The summed E-state index contributed by atoms with van der Waals surface area (Å²) in [5, 5.41) is 9.86. The van der Waals surface area contributed by atoms with Gasteiger partial charge in [-0.2, -0.15) is 10.2 Å². The summed E-state index contributed by atoms with van der Waals surface area (Å²) in [7, 11) is -0.0183. The summed E-state index contributed by atoms with van der Waals surface area (Å²) < 4.78 is 24.8. The van der Waals surface area contributed by atoms with Crippen LogP contribution in [0.2, 0.25) is 18.1 Å². The van der Waals surface area contributed by atoms with Crippen LogP contribution in [0.5, 0.6) is 0 Å². The van der Waals surface area contributed by atoms with Crippen molar-refractivity contribution < 1.29 is 8.82 Å². The Kier molecular flexibility index (Phi) is 8.01. The Morgan fingerprint density at radius 1 is 1.15 bits per heavy atom. The van der Waals surface area contributed by atoms with E-state index in [9.17, 15) is 4.39 Å². The van der Waals surface area contributed by atoms with Crippen LogP contribution in [0.25, 0.3) is 11.8 Å². The van der Waals surface area contributed by atoms with Crippen LogP contribution < -0.4 is 0 Å². The highest BCUT2D eigenvalue weighted by Crippen LogP contribution is 2.47. The van der Waals surface area contributed by atoms with E-state index in [0.29, 0.717) is 17.1 Å². The minimum absolute atomic E-state index is 0.117. The summed E-state index contributed by atoms with van der Waals surface area (Å²) in [6.07, 6.45) is 14.0. The monoisotopic (exact) mass is 566 g/mol. The molecule has 1 aromatic carbocycles. The summed E-state index contributed by atoms with van der Waals surface area (Å²) in [4.78, 5) is 1.25. The molecule has 0 N–H and O–H groups in total. The Hall–Kier alpha value is -2.16. The normalized spacial score (nSPS) is 22.6. The summed E-state index contributed by atoms with van der Waals surface area (Å²) in [6, 6.07) is 6.64. The average Bonchev–Trinajstić information content (AvgIpc) is 3.39. The second-order valence-corrected chi connectivity index (χ2v) is 18.9. The third-order valence-electron chi connectivity index (χ3n) is 9.09. The molecule has 0 amide bonds. The van der Waals surface area contributed by atoms with E-state index in [2.05, 4.69) is 58.2 Å². The molecule has 0 saturated heterocycles. The molecule has 1 fully saturated rings. The quantitative estimate of drug-likeness (QED) is 0.214. The van der Waals surface area contributed by atoms with Crippen LogP contribution >= 0.6 is 11.8 Å². The van der Waals surface area contributed by atoms with Gasteiger partial charge in [0.2, 0.25) is 0 Å². The molecule has 5 rings (SSSR count). The molecule has 0 radical (unpaired) electrons. The predicted octanol–water partition coefficient (Wildman–Crippen LogP) is 8.06. The van der Waals surface area contributed by atoms with Gasteiger partial charge in [0.15, 0.2) is 8.32 Å². The van der Waals surface area contributed by atoms with Gasteiger partial charge >= 0.3 is 0 Å². The molecule has 2 aliphatic carbocycles. The third-order valence-corrected chi connectivity index (χ3v) is 15.0. The van der Waals surface area contributed by atoms with Crippen molar-refractivity contribution in [1.29, 1.82) is 0 Å². The first-order valence-corrected chi connectivity index (χ1v) is 18.1. The van der Waals surface area contributed by atoms with Crippen LogP contribution in [-0.2, 0) is 17.9 Å². The molecule has 39 heavy (non-hydrogen) atoms. The number of hydrogen-bond acceptors (Lipinski definition) is 4. The third kappa shape index (κ3) is 5.98. The highest BCUT2D eigenvalue weighted by Gasteiger charge is 2.44. The standard InChI is InChI=1S/C31H43FN4OSSi/c1-8-29(38-27-19-33-35(5)20-27)21-9-10-22-17-28-24(18-34-36(28)26-13-11-25(32)12-14-26)16-23(15-21)30(22)37-39(6,7)31(2,3)4/h11-14,17-21,23,29-30H,8-10,15-16H2,1-7H3/t21-,23+,29?,30?/m0/s1. The smallest absolute Gasteiger partial charge is 0.192 e. The maximum atomic E-state index is 13.7. The minimum atomic E-state index is -2.01. The highest BCUT2D eigenvalue weighted by molar-refractivity contribution is 8.00. The Bertz CT molecular complexity index is 1320. The zero-order valence-electron chi connectivity index (χ0n) is 24.4. The number of benzene rings is 1. The van der Waals surface area contributed by atoms with E-state index in [1.54, 1.807) is 0 Å². The van der Waals surface area contributed by atoms with Crippen LogP contribution in [-0.4, -0.2) is 39.2 Å². The largest absolute Gasteiger partial charge is 0.410 e. The van der Waals surface area contributed by atoms with Gasteiger partial charge in [-0.25, -0.2) is 9.07 Å². The van der Waals surface area contributed by atoms with Crippen LogP contribution in [0.4, 0.5) is 4.39 Å². The van der Waals surface area contributed by atoms with Gasteiger partial charge in [-0.15, -0.1) is 11.8 Å². The van der Waals surface area contributed by atoms with Gasteiger partial charge in [-0.05, 0) is 104 Å². The number of rotatable bonds is 7. The first kappa shape index (κ1) is 28.4. The first-order chi connectivity index (χ1) is 18.4. The molecule has 4 atom stereocenters. The van der Waals surface area contributed by atoms with Crippen LogP contribution in [0.3, 0.4) is 0 Å². The van der Waals surface area contributed by atoms with E-state index in [-0.39, 0.29) is 17.0 Å². The van der Waals surface area contributed by atoms with Gasteiger partial charge in [-0.3, -0.25) is 4.68 Å². The molecule has 210 valence electrons. The van der Waals surface area contributed by atoms with E-state index in [0.717, 1.165) is 43.5 Å². The number of nitrogens with zero attached hydrogens (tertiary/aromatic N) is 4. The lowest BCUT2D eigenvalue weighted by Gasteiger charge is -2.42. The number of thioether (sulfide) groups is 1. The molecule has 2 aliphatic rings. The van der Waals surface area contributed by atoms with Gasteiger partial charge in [0, 0.05) is 23.4 Å². The number of fused-ring (bicyclic) bond motifs is 3. The molecular weight excluding hydrogens is 524 g/mol. The summed E-state index contributed by atoms with van der Waals surface area (Å²) in [5.74, 6) is 0.773. The molecule has 2 unspecified atom stereocenters. The lowest BCUT2D eigenvalue weighted by Crippen LogP contribution is -2.46. The fourth-order valence-electron chi connectivity index (χ4n) is 5.87. The van der Waals surface area contributed by atoms with Gasteiger partial charge in [0.05, 0.1) is 29.9 Å². The van der Waals surface area contributed by atoms with Gasteiger partial charge in [-0.1, -0.05) is 27.7 Å². The molecule has 8 heteroatoms. The lowest BCUT2D eigenvalue weighted by atomic mass is 9.85. The number of halogens is 1. The van der Waals surface area contributed by atoms with Crippen molar-refractivity contribution in [2.24, 2.45) is 18.9 Å². The summed E-state index contributed by atoms with van der Waals surface area (Å²) in [6.45, 7) is 14.1. The highest BCUT2D eigenvalue weighted by atomic mass is 32.2. The van der Waals surface area contributed by atoms with E-state index in [4.69, 9.17) is 9.52 Å². The molecule has 0 spiro atoms. The Morgan fingerprint density at radius 2 is 1.90 bits per heavy atom. The van der Waals surface area contributed by atoms with E-state index in [1.165, 1.54) is 28.2 Å². The summed E-state index contributed by atoms with van der Waals surface area (Å²) >= 11 is 1.99. The van der Waals surface area contributed by atoms with Crippen LogP contribution in [0, 0.1) is 17.7 Å². The number of hydrogen-bond donors (Lipinski definition) is 0. The topological polar surface area (TPSA) is 44.9 Å². The van der Waals surface area contributed by atoms with Crippen molar-refractivity contribution in [3.63, 3.8) is 0 Å². The maximum Gasteiger partial charge on any atom is 0.192 e. The van der Waals surface area contributed by atoms with Gasteiger partial charge < -0.3 is 4.43 Å². The van der Waals surface area contributed by atoms with Crippen molar-refractivity contribution in [3.05, 3.63) is 65.5 Å². The Balaban J connectivity index is 1.51. The average molecular weight is 567 g/mol. The second kappa shape index (κ2) is 11.0. The van der Waals surface area contributed by atoms with Crippen molar-refractivity contribution in [2.75, 3.05) is 0 Å². The van der Waals surface area contributed by atoms with E-state index in [1.807, 2.05) is 52.7 Å². The van der Waals surface area contributed by atoms with Gasteiger partial charge in [0.25, 0.3) is 0 Å². The Labute approximate surface area is 238 Å². The van der Waals surface area contributed by atoms with E-state index < -0.39 is 8.32 Å².